The second-order valence-corrected chi connectivity index (χ2v) is 21.6. The van der Waals surface area contributed by atoms with Crippen LogP contribution in [0.2, 0.25) is 0 Å². The van der Waals surface area contributed by atoms with Crippen LogP contribution < -0.4 is 5.73 Å². The normalized spacial score (nSPS) is 14.4. The number of phosphoric ester groups is 1. The van der Waals surface area contributed by atoms with Crippen molar-refractivity contribution in [3.8, 4) is 0 Å². The van der Waals surface area contributed by atoms with Crippen LogP contribution in [-0.4, -0.2) is 49.3 Å². The van der Waals surface area contributed by atoms with Crippen molar-refractivity contribution in [2.75, 3.05) is 26.4 Å². The molecule has 0 aromatic rings. The van der Waals surface area contributed by atoms with Crippen LogP contribution in [0, 0.1) is 0 Å². The molecule has 2 unspecified atom stereocenters. The molecule has 3 N–H and O–H groups in total. The van der Waals surface area contributed by atoms with E-state index in [9.17, 15) is 19.0 Å². The van der Waals surface area contributed by atoms with Gasteiger partial charge in [-0.2, -0.15) is 0 Å². The van der Waals surface area contributed by atoms with Gasteiger partial charge >= 0.3 is 19.8 Å². The zero-order valence-electron chi connectivity index (χ0n) is 52.7. The second-order valence-electron chi connectivity index (χ2n) is 20.2. The van der Waals surface area contributed by atoms with Gasteiger partial charge in [0.05, 0.1) is 13.2 Å². The molecule has 0 amide bonds. The van der Waals surface area contributed by atoms with Crippen LogP contribution >= 0.6 is 7.82 Å². The highest BCUT2D eigenvalue weighted by molar-refractivity contribution is 7.47. The molecule has 0 bridgehead atoms. The first kappa shape index (κ1) is 79.3. The average Bonchev–Trinajstić information content (AvgIpc) is 3.52. The van der Waals surface area contributed by atoms with Gasteiger partial charge in [0.25, 0.3) is 0 Å². The molecule has 85 heavy (non-hydrogen) atoms. The first-order chi connectivity index (χ1) is 41.8. The Labute approximate surface area is 518 Å². The number of ether oxygens (including phenoxy) is 2. The lowest BCUT2D eigenvalue weighted by molar-refractivity contribution is -0.161. The first-order valence-electron chi connectivity index (χ1n) is 32.2. The van der Waals surface area contributed by atoms with Crippen molar-refractivity contribution in [2.45, 2.75) is 213 Å². The lowest BCUT2D eigenvalue weighted by Gasteiger charge is -2.19. The monoisotopic (exact) mass is 1190 g/mol. The van der Waals surface area contributed by atoms with Crippen LogP contribution in [0.5, 0.6) is 0 Å². The van der Waals surface area contributed by atoms with Crippen LogP contribution in [0.25, 0.3) is 0 Å². The van der Waals surface area contributed by atoms with Crippen molar-refractivity contribution < 1.29 is 37.6 Å². The summed E-state index contributed by atoms with van der Waals surface area (Å²) in [6.45, 7) is 3.40. The molecule has 0 aromatic heterocycles. The highest BCUT2D eigenvalue weighted by Gasteiger charge is 2.26. The minimum absolute atomic E-state index is 0.0306. The van der Waals surface area contributed by atoms with Crippen LogP contribution in [-0.2, 0) is 32.7 Å². The van der Waals surface area contributed by atoms with Gasteiger partial charge < -0.3 is 20.1 Å². The molecule has 0 aliphatic carbocycles. The van der Waals surface area contributed by atoms with E-state index in [2.05, 4.69) is 227 Å². The van der Waals surface area contributed by atoms with E-state index in [0.717, 1.165) is 154 Å². The summed E-state index contributed by atoms with van der Waals surface area (Å²) in [6, 6.07) is 0. The van der Waals surface area contributed by atoms with E-state index in [1.54, 1.807) is 0 Å². The summed E-state index contributed by atoms with van der Waals surface area (Å²) in [7, 11) is -4.43. The number of carbonyl (C=O) groups excluding carboxylic acids is 2. The van der Waals surface area contributed by atoms with Crippen LogP contribution in [0.15, 0.2) is 219 Å². The zero-order chi connectivity index (χ0) is 61.6. The third-order valence-electron chi connectivity index (χ3n) is 12.4. The number of rotatable bonds is 57. The summed E-state index contributed by atoms with van der Waals surface area (Å²) in [5.74, 6) is -0.931. The third-order valence-corrected chi connectivity index (χ3v) is 13.3. The fraction of sp³-hybridized carbons (Fsp3) is 0.493. The van der Waals surface area contributed by atoms with Gasteiger partial charge in [-0.15, -0.1) is 0 Å². The first-order valence-corrected chi connectivity index (χ1v) is 33.7. The number of carbonyl (C=O) groups is 2. The molecule has 0 aliphatic heterocycles. The van der Waals surface area contributed by atoms with Gasteiger partial charge in [-0.05, 0) is 148 Å². The second kappa shape index (κ2) is 67.5. The summed E-state index contributed by atoms with van der Waals surface area (Å²) < 4.78 is 33.0. The number of allylic oxidation sites excluding steroid dienone is 36. The molecule has 0 saturated heterocycles. The Morgan fingerprint density at radius 2 is 0.624 bits per heavy atom. The van der Waals surface area contributed by atoms with Crippen molar-refractivity contribution in [1.82, 2.24) is 0 Å². The Morgan fingerprint density at radius 3 is 0.941 bits per heavy atom. The van der Waals surface area contributed by atoms with Gasteiger partial charge in [0.2, 0.25) is 0 Å². The molecular weight excluding hydrogens is 1070 g/mol. The van der Waals surface area contributed by atoms with E-state index < -0.39 is 32.5 Å². The van der Waals surface area contributed by atoms with Crippen molar-refractivity contribution in [3.63, 3.8) is 0 Å². The molecule has 0 rings (SSSR count). The van der Waals surface area contributed by atoms with Gasteiger partial charge in [0, 0.05) is 19.4 Å². The molecule has 10 heteroatoms. The maximum Gasteiger partial charge on any atom is 0.472 e. The summed E-state index contributed by atoms with van der Waals surface area (Å²) in [6.07, 6.45) is 106. The SMILES string of the molecule is CC/C=C\C/C=C\C/C=C\C/C=C\C/C=C\C/C=C\C/C=C\C/C=C\C/C=C\CCCCCCCCCC(=O)OC(COC(=O)CCC/C=C\C/C=C\C/C=C\C/C=C\C/C=C\C/C=C\C/C=C\C/C=C\C/C=C\CC)COP(=O)(O)OCCN. The smallest absolute Gasteiger partial charge is 0.462 e. The largest absolute Gasteiger partial charge is 0.472 e. The summed E-state index contributed by atoms with van der Waals surface area (Å²) in [5, 5.41) is 0. The predicted molar refractivity (Wildman–Crippen MR) is 366 cm³/mol. The van der Waals surface area contributed by atoms with Gasteiger partial charge in [-0.25, -0.2) is 4.57 Å². The Bertz CT molecular complexity index is 2190. The molecule has 0 spiro atoms. The van der Waals surface area contributed by atoms with E-state index in [1.807, 2.05) is 6.08 Å². The van der Waals surface area contributed by atoms with Gasteiger partial charge in [-0.3, -0.25) is 18.6 Å². The lowest BCUT2D eigenvalue weighted by Crippen LogP contribution is -2.29. The van der Waals surface area contributed by atoms with E-state index in [-0.39, 0.29) is 32.6 Å². The average molecular weight is 1190 g/mol. The molecule has 0 fully saturated rings. The van der Waals surface area contributed by atoms with Gasteiger partial charge in [0.1, 0.15) is 6.61 Å². The molecule has 0 radical (unpaired) electrons. The van der Waals surface area contributed by atoms with Gasteiger partial charge in [0.15, 0.2) is 6.10 Å². The fourth-order valence-electron chi connectivity index (χ4n) is 7.69. The fourth-order valence-corrected chi connectivity index (χ4v) is 8.45. The van der Waals surface area contributed by atoms with Crippen molar-refractivity contribution in [1.29, 1.82) is 0 Å². The van der Waals surface area contributed by atoms with Crippen LogP contribution in [0.3, 0.4) is 0 Å². The van der Waals surface area contributed by atoms with Crippen molar-refractivity contribution in [2.24, 2.45) is 5.73 Å². The number of nitrogens with two attached hydrogens (primary N) is 1. The van der Waals surface area contributed by atoms with Gasteiger partial charge in [-0.1, -0.05) is 265 Å². The maximum absolute atomic E-state index is 12.7. The molecule has 0 saturated carbocycles. The minimum Gasteiger partial charge on any atom is -0.462 e. The van der Waals surface area contributed by atoms with Crippen molar-refractivity contribution in [3.05, 3.63) is 219 Å². The number of hydrogen-bond acceptors (Lipinski definition) is 8. The predicted octanol–water partition coefficient (Wildman–Crippen LogP) is 21.3. The standard InChI is InChI=1S/C75H114NO8P/c1-3-5-7-9-11-13-15-17-19-21-23-25-27-29-31-33-34-35-36-37-38-40-42-44-46-48-50-52-54-56-58-60-62-64-66-68-75(78)84-73(72-83-85(79,80)82-70-69-76)71-81-74(77)67-65-63-61-59-57-55-53-51-49-47-45-43-41-39-32-30-28-26-24-22-20-18-16-14-12-10-8-6-4-2/h5-8,11-14,17-20,23-26,29-32,34-35,37-38,41-44,47-50,53,55,59,61,73H,3-4,9-10,15-16,21-22,27-28,33,36,39-40,45-46,51-52,54,56-58,60,62-72,76H2,1-2H3,(H,79,80)/b7-5-,8-6-,13-11-,14-12-,19-17-,20-18-,25-23-,26-24-,31-29-,32-30-,35-34-,38-37-,43-41-,44-42-,49-47-,50-48-,55-53-,61-59-. The topological polar surface area (TPSA) is 134 Å². The zero-order valence-corrected chi connectivity index (χ0v) is 53.6. The highest BCUT2D eigenvalue weighted by atomic mass is 31.2. The van der Waals surface area contributed by atoms with E-state index >= 15 is 0 Å². The quantitative estimate of drug-likeness (QED) is 0.0264. The van der Waals surface area contributed by atoms with Crippen molar-refractivity contribution >= 4 is 19.8 Å². The molecule has 2 atom stereocenters. The number of hydrogen-bond donors (Lipinski definition) is 2. The summed E-state index contributed by atoms with van der Waals surface area (Å²) in [4.78, 5) is 35.3. The summed E-state index contributed by atoms with van der Waals surface area (Å²) in [5.41, 5.74) is 5.39. The molecule has 472 valence electrons. The molecule has 0 aromatic carbocycles. The highest BCUT2D eigenvalue weighted by Crippen LogP contribution is 2.43. The summed E-state index contributed by atoms with van der Waals surface area (Å²) >= 11 is 0. The molecule has 0 heterocycles. The Morgan fingerprint density at radius 1 is 0.353 bits per heavy atom. The number of esters is 2. The van der Waals surface area contributed by atoms with E-state index in [0.29, 0.717) is 19.3 Å². The minimum atomic E-state index is -4.43. The molecule has 0 aliphatic rings. The van der Waals surface area contributed by atoms with E-state index in [1.165, 1.54) is 6.42 Å². The van der Waals surface area contributed by atoms with Crippen LogP contribution in [0.4, 0.5) is 0 Å². The third kappa shape index (κ3) is 67.3. The Kier molecular flexibility index (Phi) is 63.0. The number of phosphoric acid groups is 1. The maximum atomic E-state index is 12.7. The molecular formula is C75H114NO8P. The Hall–Kier alpha value is -5.67. The Balaban J connectivity index is 4.15. The van der Waals surface area contributed by atoms with E-state index in [4.69, 9.17) is 24.3 Å². The van der Waals surface area contributed by atoms with Crippen LogP contribution in [0.1, 0.15) is 206 Å². The lowest BCUT2D eigenvalue weighted by atomic mass is 10.1. The number of unbranched alkanes of at least 4 members (excludes halogenated alkanes) is 8. The molecule has 9 nitrogen and oxygen atoms in total.